The number of nitrogens with one attached hydrogen (secondary N) is 1. The van der Waals surface area contributed by atoms with E-state index in [2.05, 4.69) is 10.3 Å². The molecule has 0 radical (unpaired) electrons. The van der Waals surface area contributed by atoms with Crippen LogP contribution >= 0.6 is 0 Å². The second-order valence-corrected chi connectivity index (χ2v) is 8.79. The Kier molecular flexibility index (Phi) is 5.27. The number of carbonyl (C=O) groups excluding carboxylic acids is 1. The largest absolute Gasteiger partial charge is 0.368 e. The lowest BCUT2D eigenvalue weighted by molar-refractivity contribution is 0.102. The van der Waals surface area contributed by atoms with Gasteiger partial charge in [-0.2, -0.15) is 0 Å². The first-order valence-electron chi connectivity index (χ1n) is 8.69. The maximum absolute atomic E-state index is 12.5. The summed E-state index contributed by atoms with van der Waals surface area (Å²) in [6, 6.07) is 11.1. The summed E-state index contributed by atoms with van der Waals surface area (Å²) in [5.74, 6) is 0.0982. The highest BCUT2D eigenvalue weighted by atomic mass is 32.2. The molecule has 2 heterocycles. The van der Waals surface area contributed by atoms with Crippen molar-refractivity contribution >= 4 is 27.1 Å². The van der Waals surface area contributed by atoms with Gasteiger partial charge in [0.15, 0.2) is 9.84 Å². The summed E-state index contributed by atoms with van der Waals surface area (Å²) in [5, 5.41) is 2.85. The lowest BCUT2D eigenvalue weighted by Gasteiger charge is -2.29. The van der Waals surface area contributed by atoms with Crippen LogP contribution in [0.15, 0.2) is 42.6 Å². The van der Waals surface area contributed by atoms with E-state index in [-0.39, 0.29) is 23.5 Å². The Morgan fingerprint density at radius 1 is 1.31 bits per heavy atom. The van der Waals surface area contributed by atoms with Gasteiger partial charge in [-0.3, -0.25) is 9.78 Å². The van der Waals surface area contributed by atoms with Crippen molar-refractivity contribution in [2.45, 2.75) is 26.3 Å². The van der Waals surface area contributed by atoms with Gasteiger partial charge in [0, 0.05) is 30.2 Å². The summed E-state index contributed by atoms with van der Waals surface area (Å²) < 4.78 is 23.6. The summed E-state index contributed by atoms with van der Waals surface area (Å²) in [6.45, 7) is 4.62. The standard InChI is InChI=1S/C19H23N3O3S/c1-3-22(17-8-10-26(24,25)13-17)16-7-9-20-18(12-16)19(23)21-15-6-4-5-14(2)11-15/h4-7,9,11-12,17H,3,8,10,13H2,1-2H3,(H,21,23). The molecule has 1 aliphatic heterocycles. The summed E-state index contributed by atoms with van der Waals surface area (Å²) in [6.07, 6.45) is 2.20. The third kappa shape index (κ3) is 4.22. The van der Waals surface area contributed by atoms with E-state index in [9.17, 15) is 13.2 Å². The predicted octanol–water partition coefficient (Wildman–Crippen LogP) is 2.66. The van der Waals surface area contributed by atoms with E-state index in [1.807, 2.05) is 49.1 Å². The Morgan fingerprint density at radius 2 is 2.12 bits per heavy atom. The van der Waals surface area contributed by atoms with Crippen LogP contribution in [0.4, 0.5) is 11.4 Å². The van der Waals surface area contributed by atoms with Crippen LogP contribution in [0.5, 0.6) is 0 Å². The molecule has 7 heteroatoms. The van der Waals surface area contributed by atoms with E-state index >= 15 is 0 Å². The zero-order valence-electron chi connectivity index (χ0n) is 15.0. The molecule has 1 fully saturated rings. The number of carbonyl (C=O) groups is 1. The van der Waals surface area contributed by atoms with Gasteiger partial charge in [0.1, 0.15) is 5.69 Å². The minimum Gasteiger partial charge on any atom is -0.368 e. The number of amides is 1. The van der Waals surface area contributed by atoms with Crippen molar-refractivity contribution in [1.29, 1.82) is 0 Å². The van der Waals surface area contributed by atoms with Crippen LogP contribution in [-0.2, 0) is 9.84 Å². The van der Waals surface area contributed by atoms with Gasteiger partial charge in [-0.05, 0) is 50.1 Å². The van der Waals surface area contributed by atoms with Crippen molar-refractivity contribution in [2.75, 3.05) is 28.3 Å². The summed E-state index contributed by atoms with van der Waals surface area (Å²) in [7, 11) is -2.97. The molecule has 138 valence electrons. The molecular formula is C19H23N3O3S. The maximum Gasteiger partial charge on any atom is 0.274 e. The van der Waals surface area contributed by atoms with Crippen molar-refractivity contribution in [1.82, 2.24) is 4.98 Å². The van der Waals surface area contributed by atoms with Crippen molar-refractivity contribution in [3.05, 3.63) is 53.9 Å². The number of sulfone groups is 1. The average Bonchev–Trinajstić information content (AvgIpc) is 2.95. The molecule has 0 saturated carbocycles. The fourth-order valence-corrected chi connectivity index (χ4v) is 5.04. The molecule has 26 heavy (non-hydrogen) atoms. The van der Waals surface area contributed by atoms with Crippen LogP contribution in [0.25, 0.3) is 0 Å². The first kappa shape index (κ1) is 18.4. The molecular weight excluding hydrogens is 350 g/mol. The van der Waals surface area contributed by atoms with Gasteiger partial charge in [0.25, 0.3) is 5.91 Å². The Balaban J connectivity index is 1.79. The topological polar surface area (TPSA) is 79.4 Å². The molecule has 0 aliphatic carbocycles. The van der Waals surface area contributed by atoms with Crippen molar-refractivity contribution < 1.29 is 13.2 Å². The highest BCUT2D eigenvalue weighted by Crippen LogP contribution is 2.24. The van der Waals surface area contributed by atoms with E-state index in [1.165, 1.54) is 0 Å². The Morgan fingerprint density at radius 3 is 2.77 bits per heavy atom. The molecule has 1 unspecified atom stereocenters. The Hall–Kier alpha value is -2.41. The highest BCUT2D eigenvalue weighted by molar-refractivity contribution is 7.91. The van der Waals surface area contributed by atoms with E-state index in [4.69, 9.17) is 0 Å². The van der Waals surface area contributed by atoms with Crippen molar-refractivity contribution in [3.8, 4) is 0 Å². The zero-order valence-corrected chi connectivity index (χ0v) is 15.8. The van der Waals surface area contributed by atoms with Gasteiger partial charge < -0.3 is 10.2 Å². The summed E-state index contributed by atoms with van der Waals surface area (Å²) >= 11 is 0. The zero-order chi connectivity index (χ0) is 18.7. The van der Waals surface area contributed by atoms with Gasteiger partial charge >= 0.3 is 0 Å². The van der Waals surface area contributed by atoms with Crippen LogP contribution in [0.3, 0.4) is 0 Å². The molecule has 1 N–H and O–H groups in total. The molecule has 1 saturated heterocycles. The third-order valence-corrected chi connectivity index (χ3v) is 6.32. The van der Waals surface area contributed by atoms with Gasteiger partial charge in [-0.15, -0.1) is 0 Å². The van der Waals surface area contributed by atoms with Crippen molar-refractivity contribution in [3.63, 3.8) is 0 Å². The molecule has 1 aliphatic rings. The number of nitrogens with zero attached hydrogens (tertiary/aromatic N) is 2. The lowest BCUT2D eigenvalue weighted by atomic mass is 10.2. The number of hydrogen-bond acceptors (Lipinski definition) is 5. The SMILES string of the molecule is CCN(c1ccnc(C(=O)Nc2cccc(C)c2)c1)C1CCS(=O)(=O)C1. The molecule has 1 aromatic heterocycles. The number of aryl methyl sites for hydroxylation is 1. The van der Waals surface area contributed by atoms with E-state index in [0.29, 0.717) is 18.7 Å². The fourth-order valence-electron chi connectivity index (χ4n) is 3.31. The third-order valence-electron chi connectivity index (χ3n) is 4.57. The van der Waals surface area contributed by atoms with Gasteiger partial charge in [0.05, 0.1) is 11.5 Å². The first-order chi connectivity index (χ1) is 12.4. The summed E-state index contributed by atoms with van der Waals surface area (Å²) in [5.41, 5.74) is 2.91. The number of anilines is 2. The van der Waals surface area contributed by atoms with Crippen LogP contribution < -0.4 is 10.2 Å². The fraction of sp³-hybridized carbons (Fsp3) is 0.368. The molecule has 6 nitrogen and oxygen atoms in total. The van der Waals surface area contributed by atoms with Gasteiger partial charge in [0.2, 0.25) is 0 Å². The van der Waals surface area contributed by atoms with Crippen LogP contribution in [0.1, 0.15) is 29.4 Å². The van der Waals surface area contributed by atoms with Crippen LogP contribution in [-0.4, -0.2) is 43.4 Å². The van der Waals surface area contributed by atoms with Gasteiger partial charge in [-0.1, -0.05) is 12.1 Å². The second kappa shape index (κ2) is 7.45. The first-order valence-corrected chi connectivity index (χ1v) is 10.5. The molecule has 0 bridgehead atoms. The Labute approximate surface area is 154 Å². The lowest BCUT2D eigenvalue weighted by Crippen LogP contribution is -2.36. The maximum atomic E-state index is 12.5. The predicted molar refractivity (Wildman–Crippen MR) is 103 cm³/mol. The normalized spacial score (nSPS) is 18.5. The highest BCUT2D eigenvalue weighted by Gasteiger charge is 2.32. The van der Waals surface area contributed by atoms with Crippen molar-refractivity contribution in [2.24, 2.45) is 0 Å². The number of hydrogen-bond donors (Lipinski definition) is 1. The molecule has 3 rings (SSSR count). The molecule has 1 aromatic carbocycles. The number of benzene rings is 1. The number of pyridine rings is 1. The molecule has 2 aromatic rings. The number of rotatable bonds is 5. The quantitative estimate of drug-likeness (QED) is 0.872. The van der Waals surface area contributed by atoms with E-state index in [0.717, 1.165) is 16.9 Å². The molecule has 0 spiro atoms. The van der Waals surface area contributed by atoms with E-state index < -0.39 is 9.84 Å². The Bertz CT molecular complexity index is 912. The monoisotopic (exact) mass is 373 g/mol. The second-order valence-electron chi connectivity index (χ2n) is 6.57. The number of aromatic nitrogens is 1. The average molecular weight is 373 g/mol. The summed E-state index contributed by atoms with van der Waals surface area (Å²) in [4.78, 5) is 18.7. The molecule has 1 atom stereocenters. The smallest absolute Gasteiger partial charge is 0.274 e. The minimum atomic E-state index is -2.97. The van der Waals surface area contributed by atoms with Gasteiger partial charge in [-0.25, -0.2) is 8.42 Å². The van der Waals surface area contributed by atoms with Crippen LogP contribution in [0.2, 0.25) is 0 Å². The van der Waals surface area contributed by atoms with E-state index in [1.54, 1.807) is 12.3 Å². The molecule has 1 amide bonds. The minimum absolute atomic E-state index is 0.0555. The van der Waals surface area contributed by atoms with Crippen LogP contribution in [0, 0.1) is 6.92 Å².